The van der Waals surface area contributed by atoms with Crippen LogP contribution in [0.4, 0.5) is 11.4 Å². The molecule has 0 bridgehead atoms. The first kappa shape index (κ1) is 13.0. The van der Waals surface area contributed by atoms with Crippen LogP contribution in [0.3, 0.4) is 0 Å². The number of nitrogen functional groups attached to an aromatic ring is 1. The fourth-order valence-electron chi connectivity index (χ4n) is 2.29. The maximum absolute atomic E-state index is 11.1. The van der Waals surface area contributed by atoms with Gasteiger partial charge in [0.25, 0.3) is 0 Å². The Morgan fingerprint density at radius 3 is 2.80 bits per heavy atom. The Hall–Kier alpha value is -2.01. The maximum Gasteiger partial charge on any atom is 0.335 e. The maximum atomic E-state index is 11.1. The SMILES string of the molecule is Nc1ccc(C(=O)O)cc1N(Cc1cccs1)C1CC1. The molecule has 0 spiro atoms. The molecule has 1 saturated carbocycles. The molecule has 3 rings (SSSR count). The number of carboxylic acids is 1. The number of carboxylic acid groups (broad SMARTS) is 1. The number of aromatic carboxylic acids is 1. The zero-order valence-electron chi connectivity index (χ0n) is 11.0. The lowest BCUT2D eigenvalue weighted by atomic mass is 10.1. The molecular formula is C15H16N2O2S. The second-order valence-corrected chi connectivity index (χ2v) is 6.05. The molecule has 0 atom stereocenters. The highest BCUT2D eigenvalue weighted by molar-refractivity contribution is 7.09. The molecule has 1 aromatic heterocycles. The average Bonchev–Trinajstić information content (AvgIpc) is 3.14. The van der Waals surface area contributed by atoms with Gasteiger partial charge in [0.1, 0.15) is 0 Å². The average molecular weight is 288 g/mol. The number of benzene rings is 1. The number of anilines is 2. The van der Waals surface area contributed by atoms with Gasteiger partial charge in [-0.05, 0) is 42.5 Å². The largest absolute Gasteiger partial charge is 0.478 e. The van der Waals surface area contributed by atoms with E-state index in [4.69, 9.17) is 10.8 Å². The molecule has 1 heterocycles. The zero-order valence-corrected chi connectivity index (χ0v) is 11.8. The minimum atomic E-state index is -0.918. The number of hydrogen-bond donors (Lipinski definition) is 2. The van der Waals surface area contributed by atoms with Crippen molar-refractivity contribution in [2.75, 3.05) is 10.6 Å². The Bertz CT molecular complexity index is 621. The Kier molecular flexibility index (Phi) is 3.36. The van der Waals surface area contributed by atoms with Crippen molar-refractivity contribution < 1.29 is 9.90 Å². The van der Waals surface area contributed by atoms with Gasteiger partial charge in [0.2, 0.25) is 0 Å². The minimum Gasteiger partial charge on any atom is -0.478 e. The van der Waals surface area contributed by atoms with E-state index in [1.165, 1.54) is 4.88 Å². The summed E-state index contributed by atoms with van der Waals surface area (Å²) in [5.41, 5.74) is 7.81. The third-order valence-electron chi connectivity index (χ3n) is 3.48. The van der Waals surface area contributed by atoms with E-state index in [9.17, 15) is 4.79 Å². The van der Waals surface area contributed by atoms with Crippen LogP contribution >= 0.6 is 11.3 Å². The highest BCUT2D eigenvalue weighted by Crippen LogP contribution is 2.37. The molecule has 0 radical (unpaired) electrons. The molecular weight excluding hydrogens is 272 g/mol. The molecule has 0 saturated heterocycles. The Balaban J connectivity index is 1.94. The van der Waals surface area contributed by atoms with Crippen LogP contribution in [-0.4, -0.2) is 17.1 Å². The van der Waals surface area contributed by atoms with Crippen LogP contribution in [0.2, 0.25) is 0 Å². The molecule has 4 nitrogen and oxygen atoms in total. The van der Waals surface area contributed by atoms with Crippen molar-refractivity contribution in [3.8, 4) is 0 Å². The summed E-state index contributed by atoms with van der Waals surface area (Å²) in [6, 6.07) is 9.52. The lowest BCUT2D eigenvalue weighted by Crippen LogP contribution is -2.25. The molecule has 1 fully saturated rings. The van der Waals surface area contributed by atoms with Gasteiger partial charge in [-0.3, -0.25) is 0 Å². The van der Waals surface area contributed by atoms with Crippen LogP contribution in [0.25, 0.3) is 0 Å². The van der Waals surface area contributed by atoms with Gasteiger partial charge in [-0.25, -0.2) is 4.79 Å². The van der Waals surface area contributed by atoms with Crippen LogP contribution in [0.5, 0.6) is 0 Å². The molecule has 3 N–H and O–H groups in total. The van der Waals surface area contributed by atoms with E-state index >= 15 is 0 Å². The number of nitrogens with zero attached hydrogens (tertiary/aromatic N) is 1. The summed E-state index contributed by atoms with van der Waals surface area (Å²) < 4.78 is 0. The molecule has 0 aliphatic heterocycles. The quantitative estimate of drug-likeness (QED) is 0.829. The summed E-state index contributed by atoms with van der Waals surface area (Å²) in [5, 5.41) is 11.2. The van der Waals surface area contributed by atoms with Gasteiger partial charge in [0, 0.05) is 10.9 Å². The molecule has 0 unspecified atom stereocenters. The van der Waals surface area contributed by atoms with E-state index in [1.54, 1.807) is 29.5 Å². The summed E-state index contributed by atoms with van der Waals surface area (Å²) in [5.74, 6) is -0.918. The number of nitrogens with two attached hydrogens (primary N) is 1. The lowest BCUT2D eigenvalue weighted by molar-refractivity contribution is 0.0697. The first-order valence-electron chi connectivity index (χ1n) is 6.57. The van der Waals surface area contributed by atoms with Crippen LogP contribution in [0.15, 0.2) is 35.7 Å². The Morgan fingerprint density at radius 1 is 1.40 bits per heavy atom. The first-order valence-corrected chi connectivity index (χ1v) is 7.45. The van der Waals surface area contributed by atoms with Crippen LogP contribution in [-0.2, 0) is 6.54 Å². The summed E-state index contributed by atoms with van der Waals surface area (Å²) in [6.07, 6.45) is 2.28. The summed E-state index contributed by atoms with van der Waals surface area (Å²) in [6.45, 7) is 0.787. The molecule has 20 heavy (non-hydrogen) atoms. The summed E-state index contributed by atoms with van der Waals surface area (Å²) >= 11 is 1.71. The molecule has 1 aromatic carbocycles. The van der Waals surface area contributed by atoms with Crippen LogP contribution in [0, 0.1) is 0 Å². The highest BCUT2D eigenvalue weighted by atomic mass is 32.1. The third-order valence-corrected chi connectivity index (χ3v) is 4.34. The predicted octanol–water partition coefficient (Wildman–Crippen LogP) is 3.20. The zero-order chi connectivity index (χ0) is 14.1. The van der Waals surface area contributed by atoms with Crippen LogP contribution in [0.1, 0.15) is 28.1 Å². The number of thiophene rings is 1. The van der Waals surface area contributed by atoms with E-state index in [-0.39, 0.29) is 5.56 Å². The van der Waals surface area contributed by atoms with E-state index in [2.05, 4.69) is 16.3 Å². The molecule has 2 aromatic rings. The monoisotopic (exact) mass is 288 g/mol. The topological polar surface area (TPSA) is 66.6 Å². The second kappa shape index (κ2) is 5.17. The van der Waals surface area contributed by atoms with Crippen LogP contribution < -0.4 is 10.6 Å². The van der Waals surface area contributed by atoms with Crippen molar-refractivity contribution in [1.29, 1.82) is 0 Å². The van der Waals surface area contributed by atoms with Gasteiger partial charge in [-0.15, -0.1) is 11.3 Å². The van der Waals surface area contributed by atoms with Crippen molar-refractivity contribution in [2.24, 2.45) is 0 Å². The predicted molar refractivity (Wildman–Crippen MR) is 81.3 cm³/mol. The molecule has 0 amide bonds. The van der Waals surface area contributed by atoms with Gasteiger partial charge < -0.3 is 15.7 Å². The van der Waals surface area contributed by atoms with Crippen molar-refractivity contribution in [1.82, 2.24) is 0 Å². The van der Waals surface area contributed by atoms with Crippen molar-refractivity contribution in [3.05, 3.63) is 46.2 Å². The van der Waals surface area contributed by atoms with Crippen molar-refractivity contribution in [2.45, 2.75) is 25.4 Å². The fraction of sp³-hybridized carbons (Fsp3) is 0.267. The summed E-state index contributed by atoms with van der Waals surface area (Å²) in [4.78, 5) is 14.6. The minimum absolute atomic E-state index is 0.283. The molecule has 1 aliphatic carbocycles. The van der Waals surface area contributed by atoms with Crippen molar-refractivity contribution >= 4 is 28.7 Å². The van der Waals surface area contributed by atoms with E-state index < -0.39 is 5.97 Å². The third kappa shape index (κ3) is 2.63. The van der Waals surface area contributed by atoms with Gasteiger partial charge >= 0.3 is 5.97 Å². The lowest BCUT2D eigenvalue weighted by Gasteiger charge is -2.26. The fourth-order valence-corrected chi connectivity index (χ4v) is 3.00. The number of carbonyl (C=O) groups is 1. The van der Waals surface area contributed by atoms with E-state index in [0.717, 1.165) is 25.1 Å². The smallest absolute Gasteiger partial charge is 0.335 e. The Labute approximate surface area is 121 Å². The van der Waals surface area contributed by atoms with Crippen molar-refractivity contribution in [3.63, 3.8) is 0 Å². The molecule has 104 valence electrons. The van der Waals surface area contributed by atoms with E-state index in [0.29, 0.717) is 11.7 Å². The van der Waals surface area contributed by atoms with Gasteiger partial charge in [0.15, 0.2) is 0 Å². The normalized spacial score (nSPS) is 14.2. The highest BCUT2D eigenvalue weighted by Gasteiger charge is 2.30. The number of hydrogen-bond acceptors (Lipinski definition) is 4. The van der Waals surface area contributed by atoms with Gasteiger partial charge in [-0.2, -0.15) is 0 Å². The van der Waals surface area contributed by atoms with Gasteiger partial charge in [-0.1, -0.05) is 6.07 Å². The Morgan fingerprint density at radius 2 is 2.20 bits per heavy atom. The standard InChI is InChI=1S/C15H16N2O2S/c16-13-6-3-10(15(18)19)8-14(13)17(11-4-5-11)9-12-2-1-7-20-12/h1-3,6-8,11H,4-5,9,16H2,(H,18,19). The second-order valence-electron chi connectivity index (χ2n) is 5.02. The molecule has 1 aliphatic rings. The summed E-state index contributed by atoms with van der Waals surface area (Å²) in [7, 11) is 0. The first-order chi connectivity index (χ1) is 9.65. The van der Waals surface area contributed by atoms with Gasteiger partial charge in [0.05, 0.1) is 23.5 Å². The molecule has 5 heteroatoms. The van der Waals surface area contributed by atoms with E-state index in [1.807, 2.05) is 6.07 Å². The number of rotatable bonds is 5.